The second kappa shape index (κ2) is 8.82. The Labute approximate surface area is 143 Å². The smallest absolute Gasteiger partial charge is 0.319 e. The predicted octanol–water partition coefficient (Wildman–Crippen LogP) is 3.02. The normalized spacial score (nSPS) is 12.4. The number of carbonyl (C=O) groups is 2. The molecular formula is C17H27N3O2S. The molecular weight excluding hydrogens is 310 g/mol. The standard InChI is InChI=1S/C17H27N3O2S/c1-12(15(21)20-17(2,3)4)18-16(22)19-14-8-6-13(7-9-14)10-11-23-5/h6-9,12H,10-11H2,1-5H3,(H,20,21)(H2,18,19,22)/t12-/m0/s1. The molecule has 128 valence electrons. The van der Waals surface area contributed by atoms with Crippen molar-refractivity contribution in [3.05, 3.63) is 29.8 Å². The minimum absolute atomic E-state index is 0.208. The first-order valence-electron chi connectivity index (χ1n) is 7.68. The van der Waals surface area contributed by atoms with Gasteiger partial charge in [0.1, 0.15) is 6.04 Å². The van der Waals surface area contributed by atoms with Crippen molar-refractivity contribution in [2.24, 2.45) is 0 Å². The Morgan fingerprint density at radius 1 is 1.17 bits per heavy atom. The number of amides is 3. The third kappa shape index (κ3) is 7.93. The average molecular weight is 337 g/mol. The Bertz CT molecular complexity index is 524. The summed E-state index contributed by atoms with van der Waals surface area (Å²) in [6, 6.07) is 6.75. The van der Waals surface area contributed by atoms with Crippen LogP contribution in [0.15, 0.2) is 24.3 Å². The molecule has 0 saturated carbocycles. The molecule has 3 N–H and O–H groups in total. The van der Waals surface area contributed by atoms with Crippen molar-refractivity contribution in [2.75, 3.05) is 17.3 Å². The van der Waals surface area contributed by atoms with Crippen molar-refractivity contribution in [1.82, 2.24) is 10.6 Å². The van der Waals surface area contributed by atoms with Crippen LogP contribution >= 0.6 is 11.8 Å². The van der Waals surface area contributed by atoms with E-state index in [1.165, 1.54) is 5.56 Å². The van der Waals surface area contributed by atoms with Crippen LogP contribution in [0.3, 0.4) is 0 Å². The van der Waals surface area contributed by atoms with Gasteiger partial charge in [0.2, 0.25) is 5.91 Å². The van der Waals surface area contributed by atoms with Crippen LogP contribution in [0.2, 0.25) is 0 Å². The van der Waals surface area contributed by atoms with Crippen LogP contribution < -0.4 is 16.0 Å². The molecule has 0 aliphatic carbocycles. The molecule has 0 unspecified atom stereocenters. The van der Waals surface area contributed by atoms with Crippen LogP contribution in [0.1, 0.15) is 33.3 Å². The number of urea groups is 1. The van der Waals surface area contributed by atoms with Crippen LogP contribution in [0.4, 0.5) is 10.5 Å². The molecule has 0 aromatic heterocycles. The minimum Gasteiger partial charge on any atom is -0.350 e. The number of carbonyl (C=O) groups excluding carboxylic acids is 2. The van der Waals surface area contributed by atoms with Crippen LogP contribution in [0, 0.1) is 0 Å². The number of hydrogen-bond donors (Lipinski definition) is 3. The molecule has 0 radical (unpaired) electrons. The lowest BCUT2D eigenvalue weighted by Crippen LogP contribution is -2.51. The van der Waals surface area contributed by atoms with Crippen molar-refractivity contribution < 1.29 is 9.59 Å². The molecule has 1 atom stereocenters. The Morgan fingerprint density at radius 2 is 1.78 bits per heavy atom. The highest BCUT2D eigenvalue weighted by Crippen LogP contribution is 2.11. The zero-order valence-electron chi connectivity index (χ0n) is 14.5. The van der Waals surface area contributed by atoms with E-state index in [9.17, 15) is 9.59 Å². The lowest BCUT2D eigenvalue weighted by molar-refractivity contribution is -0.123. The van der Waals surface area contributed by atoms with Gasteiger partial charge in [0, 0.05) is 11.2 Å². The molecule has 0 fully saturated rings. The van der Waals surface area contributed by atoms with Crippen LogP contribution in [-0.4, -0.2) is 35.5 Å². The predicted molar refractivity (Wildman–Crippen MR) is 98.0 cm³/mol. The molecule has 0 aliphatic heterocycles. The topological polar surface area (TPSA) is 70.2 Å². The molecule has 23 heavy (non-hydrogen) atoms. The number of nitrogens with one attached hydrogen (secondary N) is 3. The van der Waals surface area contributed by atoms with Crippen molar-refractivity contribution in [2.45, 2.75) is 45.7 Å². The maximum Gasteiger partial charge on any atom is 0.319 e. The quantitative estimate of drug-likeness (QED) is 0.747. The number of rotatable bonds is 6. The summed E-state index contributed by atoms with van der Waals surface area (Å²) in [6.45, 7) is 7.36. The fourth-order valence-electron chi connectivity index (χ4n) is 1.88. The van der Waals surface area contributed by atoms with E-state index in [4.69, 9.17) is 0 Å². The first-order valence-corrected chi connectivity index (χ1v) is 9.08. The SMILES string of the molecule is CSCCc1ccc(NC(=O)N[C@@H](C)C(=O)NC(C)(C)C)cc1. The van der Waals surface area contributed by atoms with Gasteiger partial charge in [-0.15, -0.1) is 0 Å². The Kier molecular flexibility index (Phi) is 7.42. The van der Waals surface area contributed by atoms with Gasteiger partial charge in [-0.25, -0.2) is 4.79 Å². The van der Waals surface area contributed by atoms with Gasteiger partial charge in [-0.1, -0.05) is 12.1 Å². The fraction of sp³-hybridized carbons (Fsp3) is 0.529. The van der Waals surface area contributed by atoms with Gasteiger partial charge in [0.25, 0.3) is 0 Å². The molecule has 1 aromatic rings. The molecule has 0 bridgehead atoms. The molecule has 0 saturated heterocycles. The first kappa shape index (κ1) is 19.4. The maximum absolute atomic E-state index is 11.9. The van der Waals surface area contributed by atoms with Crippen molar-refractivity contribution >= 4 is 29.4 Å². The van der Waals surface area contributed by atoms with Gasteiger partial charge in [0.05, 0.1) is 0 Å². The molecule has 5 nitrogen and oxygen atoms in total. The first-order chi connectivity index (χ1) is 10.7. The third-order valence-corrected chi connectivity index (χ3v) is 3.66. The van der Waals surface area contributed by atoms with Crippen molar-refractivity contribution in [1.29, 1.82) is 0 Å². The minimum atomic E-state index is -0.602. The zero-order valence-corrected chi connectivity index (χ0v) is 15.3. The molecule has 1 rings (SSSR count). The van der Waals surface area contributed by atoms with Gasteiger partial charge in [-0.3, -0.25) is 4.79 Å². The molecule has 0 spiro atoms. The van der Waals surface area contributed by atoms with E-state index >= 15 is 0 Å². The summed E-state index contributed by atoms with van der Waals surface area (Å²) >= 11 is 1.81. The fourth-order valence-corrected chi connectivity index (χ4v) is 2.32. The highest BCUT2D eigenvalue weighted by atomic mass is 32.2. The molecule has 1 aromatic carbocycles. The lowest BCUT2D eigenvalue weighted by Gasteiger charge is -2.23. The summed E-state index contributed by atoms with van der Waals surface area (Å²) in [5.41, 5.74) is 1.62. The summed E-state index contributed by atoms with van der Waals surface area (Å²) in [5, 5.41) is 8.20. The van der Waals surface area contributed by atoms with E-state index in [0.717, 1.165) is 12.2 Å². The van der Waals surface area contributed by atoms with E-state index < -0.39 is 12.1 Å². The van der Waals surface area contributed by atoms with E-state index in [1.807, 2.05) is 45.0 Å². The summed E-state index contributed by atoms with van der Waals surface area (Å²) in [4.78, 5) is 23.9. The Balaban J connectivity index is 2.48. The second-order valence-electron chi connectivity index (χ2n) is 6.50. The van der Waals surface area contributed by atoms with Gasteiger partial charge in [-0.2, -0.15) is 11.8 Å². The third-order valence-electron chi connectivity index (χ3n) is 3.05. The van der Waals surface area contributed by atoms with Gasteiger partial charge in [-0.05, 0) is 63.8 Å². The number of aryl methyl sites for hydroxylation is 1. The average Bonchev–Trinajstić information content (AvgIpc) is 2.44. The summed E-state index contributed by atoms with van der Waals surface area (Å²) in [7, 11) is 0. The zero-order chi connectivity index (χ0) is 17.5. The molecule has 0 aliphatic rings. The van der Waals surface area contributed by atoms with Gasteiger partial charge < -0.3 is 16.0 Å². The monoisotopic (exact) mass is 337 g/mol. The van der Waals surface area contributed by atoms with Crippen molar-refractivity contribution in [3.8, 4) is 0 Å². The van der Waals surface area contributed by atoms with E-state index in [2.05, 4.69) is 22.2 Å². The van der Waals surface area contributed by atoms with Crippen LogP contribution in [-0.2, 0) is 11.2 Å². The van der Waals surface area contributed by atoms with E-state index in [1.54, 1.807) is 18.7 Å². The number of anilines is 1. The lowest BCUT2D eigenvalue weighted by atomic mass is 10.1. The van der Waals surface area contributed by atoms with Gasteiger partial charge in [0.15, 0.2) is 0 Å². The maximum atomic E-state index is 11.9. The Hall–Kier alpha value is -1.69. The highest BCUT2D eigenvalue weighted by molar-refractivity contribution is 7.98. The molecule has 6 heteroatoms. The second-order valence-corrected chi connectivity index (χ2v) is 7.48. The van der Waals surface area contributed by atoms with E-state index in [-0.39, 0.29) is 11.4 Å². The molecule has 3 amide bonds. The Morgan fingerprint density at radius 3 is 2.30 bits per heavy atom. The number of hydrogen-bond acceptors (Lipinski definition) is 3. The van der Waals surface area contributed by atoms with Crippen LogP contribution in [0.5, 0.6) is 0 Å². The van der Waals surface area contributed by atoms with Crippen LogP contribution in [0.25, 0.3) is 0 Å². The van der Waals surface area contributed by atoms with E-state index in [0.29, 0.717) is 5.69 Å². The van der Waals surface area contributed by atoms with Gasteiger partial charge >= 0.3 is 6.03 Å². The largest absolute Gasteiger partial charge is 0.350 e. The number of benzene rings is 1. The summed E-state index contributed by atoms with van der Waals surface area (Å²) in [6.07, 6.45) is 3.09. The summed E-state index contributed by atoms with van der Waals surface area (Å²) in [5.74, 6) is 0.869. The summed E-state index contributed by atoms with van der Waals surface area (Å²) < 4.78 is 0. The highest BCUT2D eigenvalue weighted by Gasteiger charge is 2.20. The number of thioether (sulfide) groups is 1. The van der Waals surface area contributed by atoms with Crippen molar-refractivity contribution in [3.63, 3.8) is 0 Å². The molecule has 0 heterocycles.